The van der Waals surface area contributed by atoms with Gasteiger partial charge in [-0.1, -0.05) is 0 Å². The van der Waals surface area contributed by atoms with Crippen molar-refractivity contribution in [3.8, 4) is 0 Å². The van der Waals surface area contributed by atoms with Crippen molar-refractivity contribution in [2.24, 2.45) is 5.92 Å². The van der Waals surface area contributed by atoms with E-state index in [0.29, 0.717) is 19.6 Å². The van der Waals surface area contributed by atoms with Crippen LogP contribution in [0, 0.1) is 5.92 Å². The van der Waals surface area contributed by atoms with Crippen LogP contribution in [-0.2, 0) is 9.53 Å². The maximum atomic E-state index is 12.1. The molecule has 2 N–H and O–H groups in total. The summed E-state index contributed by atoms with van der Waals surface area (Å²) in [6.07, 6.45) is 1.38. The number of likely N-dealkylation sites (tertiary alicyclic amines) is 1. The van der Waals surface area contributed by atoms with E-state index in [1.807, 2.05) is 6.92 Å². The van der Waals surface area contributed by atoms with Crippen molar-refractivity contribution >= 4 is 12.0 Å². The molecule has 2 saturated heterocycles. The lowest BCUT2D eigenvalue weighted by molar-refractivity contribution is -0.142. The summed E-state index contributed by atoms with van der Waals surface area (Å²) in [4.78, 5) is 24.7. The number of hydrogen-bond acceptors (Lipinski definition) is 3. The first-order chi connectivity index (χ1) is 8.50. The van der Waals surface area contributed by atoms with Crippen molar-refractivity contribution in [2.75, 3.05) is 13.2 Å². The Bertz CT molecular complexity index is 347. The van der Waals surface area contributed by atoms with Gasteiger partial charge in [-0.2, -0.15) is 0 Å². The van der Waals surface area contributed by atoms with Crippen LogP contribution in [0.5, 0.6) is 0 Å². The van der Waals surface area contributed by atoms with Crippen LogP contribution in [0.15, 0.2) is 0 Å². The SMILES string of the molecule is CC1OCCC1NC(=O)N1CCC(C(=O)O)C1C. The Balaban J connectivity index is 1.92. The number of nitrogens with zero attached hydrogens (tertiary/aromatic N) is 1. The summed E-state index contributed by atoms with van der Waals surface area (Å²) >= 11 is 0. The molecule has 4 atom stereocenters. The van der Waals surface area contributed by atoms with E-state index in [-0.39, 0.29) is 24.2 Å². The third-order valence-electron chi connectivity index (χ3n) is 4.02. The monoisotopic (exact) mass is 256 g/mol. The Morgan fingerprint density at radius 2 is 2.06 bits per heavy atom. The van der Waals surface area contributed by atoms with Crippen molar-refractivity contribution in [1.29, 1.82) is 0 Å². The Labute approximate surface area is 106 Å². The summed E-state index contributed by atoms with van der Waals surface area (Å²) < 4.78 is 5.39. The number of carboxylic acids is 1. The molecule has 0 radical (unpaired) electrons. The van der Waals surface area contributed by atoms with Crippen LogP contribution in [-0.4, -0.2) is 53.3 Å². The molecule has 0 aromatic heterocycles. The van der Waals surface area contributed by atoms with Crippen LogP contribution < -0.4 is 5.32 Å². The number of urea groups is 1. The first kappa shape index (κ1) is 13.1. The normalized spacial score (nSPS) is 35.8. The number of carboxylic acid groups (broad SMARTS) is 1. The summed E-state index contributed by atoms with van der Waals surface area (Å²) in [5.41, 5.74) is 0. The first-order valence-electron chi connectivity index (χ1n) is 6.42. The van der Waals surface area contributed by atoms with E-state index in [2.05, 4.69) is 5.32 Å². The predicted molar refractivity (Wildman–Crippen MR) is 64.3 cm³/mol. The molecule has 0 aliphatic carbocycles. The molecular weight excluding hydrogens is 236 g/mol. The smallest absolute Gasteiger partial charge is 0.317 e. The highest BCUT2D eigenvalue weighted by atomic mass is 16.5. The second kappa shape index (κ2) is 5.14. The highest BCUT2D eigenvalue weighted by Gasteiger charge is 2.39. The van der Waals surface area contributed by atoms with Gasteiger partial charge >= 0.3 is 12.0 Å². The molecule has 2 amide bonds. The molecule has 2 rings (SSSR count). The summed E-state index contributed by atoms with van der Waals surface area (Å²) in [5.74, 6) is -1.27. The first-order valence-corrected chi connectivity index (χ1v) is 6.42. The number of carbonyl (C=O) groups is 2. The lowest BCUT2D eigenvalue weighted by atomic mass is 10.0. The molecule has 2 aliphatic rings. The molecular formula is C12H20N2O4. The van der Waals surface area contributed by atoms with E-state index in [1.165, 1.54) is 0 Å². The highest BCUT2D eigenvalue weighted by Crippen LogP contribution is 2.24. The topological polar surface area (TPSA) is 78.9 Å². The van der Waals surface area contributed by atoms with E-state index >= 15 is 0 Å². The van der Waals surface area contributed by atoms with Crippen LogP contribution in [0.4, 0.5) is 4.79 Å². The number of hydrogen-bond donors (Lipinski definition) is 2. The standard InChI is InChI=1S/C12H20N2O4/c1-7-9(11(15)16)3-5-14(7)12(17)13-10-4-6-18-8(10)2/h7-10H,3-6H2,1-2H3,(H,13,17)(H,15,16). The number of amides is 2. The van der Waals surface area contributed by atoms with Gasteiger partial charge in [-0.3, -0.25) is 4.79 Å². The van der Waals surface area contributed by atoms with E-state index in [9.17, 15) is 9.59 Å². The van der Waals surface area contributed by atoms with Crippen LogP contribution >= 0.6 is 0 Å². The molecule has 6 heteroatoms. The lowest BCUT2D eigenvalue weighted by Gasteiger charge is -2.26. The average molecular weight is 256 g/mol. The van der Waals surface area contributed by atoms with Gasteiger partial charge in [0, 0.05) is 19.2 Å². The molecule has 102 valence electrons. The van der Waals surface area contributed by atoms with Crippen molar-refractivity contribution in [3.05, 3.63) is 0 Å². The quantitative estimate of drug-likeness (QED) is 0.761. The third-order valence-corrected chi connectivity index (χ3v) is 4.02. The van der Waals surface area contributed by atoms with Crippen molar-refractivity contribution in [3.63, 3.8) is 0 Å². The summed E-state index contributed by atoms with van der Waals surface area (Å²) in [7, 11) is 0. The van der Waals surface area contributed by atoms with E-state index < -0.39 is 11.9 Å². The lowest BCUT2D eigenvalue weighted by Crippen LogP contribution is -2.49. The van der Waals surface area contributed by atoms with Gasteiger partial charge in [-0.05, 0) is 26.7 Å². The molecule has 0 spiro atoms. The van der Waals surface area contributed by atoms with E-state index in [4.69, 9.17) is 9.84 Å². The minimum Gasteiger partial charge on any atom is -0.481 e. The Morgan fingerprint density at radius 3 is 2.56 bits per heavy atom. The van der Waals surface area contributed by atoms with Gasteiger partial charge in [0.25, 0.3) is 0 Å². The third kappa shape index (κ3) is 2.43. The molecule has 0 aromatic carbocycles. The number of rotatable bonds is 2. The van der Waals surface area contributed by atoms with E-state index in [1.54, 1.807) is 11.8 Å². The zero-order valence-corrected chi connectivity index (χ0v) is 10.8. The molecule has 0 bridgehead atoms. The van der Waals surface area contributed by atoms with Crippen molar-refractivity contribution in [1.82, 2.24) is 10.2 Å². The zero-order valence-electron chi connectivity index (χ0n) is 10.8. The largest absolute Gasteiger partial charge is 0.481 e. The summed E-state index contributed by atoms with van der Waals surface area (Å²) in [6.45, 7) is 4.90. The highest BCUT2D eigenvalue weighted by molar-refractivity contribution is 5.78. The Morgan fingerprint density at radius 1 is 1.33 bits per heavy atom. The Hall–Kier alpha value is -1.30. The molecule has 18 heavy (non-hydrogen) atoms. The molecule has 6 nitrogen and oxygen atoms in total. The predicted octanol–water partition coefficient (Wildman–Crippen LogP) is 0.668. The van der Waals surface area contributed by atoms with Gasteiger partial charge in [0.2, 0.25) is 0 Å². The molecule has 2 fully saturated rings. The van der Waals surface area contributed by atoms with Crippen LogP contribution in [0.3, 0.4) is 0 Å². The van der Waals surface area contributed by atoms with Crippen molar-refractivity contribution < 1.29 is 19.4 Å². The van der Waals surface area contributed by atoms with Crippen LogP contribution in [0.1, 0.15) is 26.7 Å². The van der Waals surface area contributed by atoms with Crippen molar-refractivity contribution in [2.45, 2.75) is 44.9 Å². The minimum absolute atomic E-state index is 0.0297. The van der Waals surface area contributed by atoms with Gasteiger partial charge in [-0.25, -0.2) is 4.79 Å². The van der Waals surface area contributed by atoms with Gasteiger partial charge in [0.1, 0.15) is 0 Å². The second-order valence-electron chi connectivity index (χ2n) is 5.09. The van der Waals surface area contributed by atoms with Gasteiger partial charge < -0.3 is 20.1 Å². The van der Waals surface area contributed by atoms with Gasteiger partial charge in [-0.15, -0.1) is 0 Å². The summed E-state index contributed by atoms with van der Waals surface area (Å²) in [5, 5.41) is 12.0. The van der Waals surface area contributed by atoms with Gasteiger partial charge in [0.05, 0.1) is 18.1 Å². The fourth-order valence-corrected chi connectivity index (χ4v) is 2.72. The maximum absolute atomic E-state index is 12.1. The number of ether oxygens (including phenoxy) is 1. The molecule has 2 aliphatic heterocycles. The average Bonchev–Trinajstić information content (AvgIpc) is 2.86. The molecule has 4 unspecified atom stereocenters. The zero-order chi connectivity index (χ0) is 13.3. The maximum Gasteiger partial charge on any atom is 0.317 e. The number of nitrogens with one attached hydrogen (secondary N) is 1. The molecule has 0 aromatic rings. The fraction of sp³-hybridized carbons (Fsp3) is 0.833. The van der Waals surface area contributed by atoms with Gasteiger partial charge in [0.15, 0.2) is 0 Å². The Kier molecular flexibility index (Phi) is 3.75. The summed E-state index contributed by atoms with van der Waals surface area (Å²) in [6, 6.07) is -0.387. The molecule has 2 heterocycles. The van der Waals surface area contributed by atoms with E-state index in [0.717, 1.165) is 6.42 Å². The minimum atomic E-state index is -0.824. The fourth-order valence-electron chi connectivity index (χ4n) is 2.72. The van der Waals surface area contributed by atoms with Crippen LogP contribution in [0.25, 0.3) is 0 Å². The molecule has 0 saturated carbocycles. The van der Waals surface area contributed by atoms with Crippen LogP contribution in [0.2, 0.25) is 0 Å². The number of aliphatic carboxylic acids is 1. The number of carbonyl (C=O) groups excluding carboxylic acids is 1. The second-order valence-corrected chi connectivity index (χ2v) is 5.09.